The maximum atomic E-state index is 5.34. The summed E-state index contributed by atoms with van der Waals surface area (Å²) in [6, 6.07) is 19.1. The molecule has 0 N–H and O–H groups in total. The Morgan fingerprint density at radius 2 is 1.48 bits per heavy atom. The molecule has 1 heteroatoms. The van der Waals surface area contributed by atoms with Crippen molar-refractivity contribution in [1.82, 2.24) is 0 Å². The fourth-order valence-electron chi connectivity index (χ4n) is 3.34. The third-order valence-electron chi connectivity index (χ3n) is 5.09. The van der Waals surface area contributed by atoms with Crippen molar-refractivity contribution < 1.29 is 4.74 Å². The maximum Gasteiger partial charge on any atom is 0.118 e. The van der Waals surface area contributed by atoms with Crippen molar-refractivity contribution >= 4 is 0 Å². The molecule has 0 radical (unpaired) electrons. The number of hydrogen-bond donors (Lipinski definition) is 0. The van der Waals surface area contributed by atoms with Crippen LogP contribution in [0.3, 0.4) is 0 Å². The van der Waals surface area contributed by atoms with Crippen LogP contribution < -0.4 is 4.74 Å². The molecule has 0 fully saturated rings. The summed E-state index contributed by atoms with van der Waals surface area (Å²) >= 11 is 0. The van der Waals surface area contributed by atoms with Crippen molar-refractivity contribution in [3.8, 4) is 5.75 Å². The Hall–Kier alpha value is -2.54. The van der Waals surface area contributed by atoms with Gasteiger partial charge in [0.05, 0.1) is 7.11 Å². The van der Waals surface area contributed by atoms with Crippen molar-refractivity contribution in [3.63, 3.8) is 0 Å². The second-order valence-corrected chi connectivity index (χ2v) is 7.36. The van der Waals surface area contributed by atoms with E-state index in [1.165, 1.54) is 16.7 Å². The van der Waals surface area contributed by atoms with Gasteiger partial charge in [-0.05, 0) is 35.8 Å². The van der Waals surface area contributed by atoms with Gasteiger partial charge in [0, 0.05) is 10.8 Å². The molecular formula is C24H26O. The summed E-state index contributed by atoms with van der Waals surface area (Å²) < 4.78 is 5.34. The molecule has 0 aromatic heterocycles. The highest BCUT2D eigenvalue weighted by molar-refractivity contribution is 5.54. The number of rotatable bonds is 4. The Bertz CT molecular complexity index is 807. The van der Waals surface area contributed by atoms with Gasteiger partial charge >= 0.3 is 0 Å². The first-order valence-electron chi connectivity index (χ1n) is 8.75. The molecule has 25 heavy (non-hydrogen) atoms. The lowest BCUT2D eigenvalue weighted by atomic mass is 9.70. The Morgan fingerprint density at radius 1 is 0.840 bits per heavy atom. The van der Waals surface area contributed by atoms with E-state index >= 15 is 0 Å². The number of hydrogen-bond acceptors (Lipinski definition) is 1. The molecule has 0 amide bonds. The van der Waals surface area contributed by atoms with Crippen LogP contribution in [0, 0.1) is 5.41 Å². The van der Waals surface area contributed by atoms with Crippen LogP contribution in [0.1, 0.15) is 31.9 Å². The van der Waals surface area contributed by atoms with E-state index in [0.29, 0.717) is 0 Å². The molecule has 1 aliphatic rings. The van der Waals surface area contributed by atoms with E-state index in [1.54, 1.807) is 7.11 Å². The summed E-state index contributed by atoms with van der Waals surface area (Å²) in [5.74, 6) is 0.880. The average Bonchev–Trinajstić information content (AvgIpc) is 2.83. The van der Waals surface area contributed by atoms with Crippen LogP contribution in [-0.4, -0.2) is 7.11 Å². The number of ether oxygens (including phenoxy) is 1. The van der Waals surface area contributed by atoms with E-state index in [4.69, 9.17) is 4.74 Å². The van der Waals surface area contributed by atoms with E-state index in [2.05, 4.69) is 93.6 Å². The highest BCUT2D eigenvalue weighted by Gasteiger charge is 2.32. The summed E-state index contributed by atoms with van der Waals surface area (Å²) in [5, 5.41) is 0. The van der Waals surface area contributed by atoms with Gasteiger partial charge in [-0.3, -0.25) is 0 Å². The average molecular weight is 330 g/mol. The van der Waals surface area contributed by atoms with E-state index in [1.807, 2.05) is 12.1 Å². The fraction of sp³-hybridized carbons (Fsp3) is 0.250. The van der Waals surface area contributed by atoms with Gasteiger partial charge in [-0.25, -0.2) is 0 Å². The first-order valence-corrected chi connectivity index (χ1v) is 8.75. The lowest BCUT2D eigenvalue weighted by molar-refractivity contribution is 0.414. The standard InChI is InChI=1S/C24H26O/c1-23(2)17-8-11-20(16-18-23)24(3,19-9-6-5-7-10-19)21-12-14-22(25-4)15-13-21/h5-18H,1-4H3. The Kier molecular flexibility index (Phi) is 4.67. The molecule has 128 valence electrons. The van der Waals surface area contributed by atoms with Gasteiger partial charge in [-0.1, -0.05) is 86.7 Å². The van der Waals surface area contributed by atoms with Gasteiger partial charge < -0.3 is 4.74 Å². The zero-order valence-corrected chi connectivity index (χ0v) is 15.5. The minimum Gasteiger partial charge on any atom is -0.497 e. The van der Waals surface area contributed by atoms with Crippen molar-refractivity contribution in [1.29, 1.82) is 0 Å². The molecule has 2 aromatic rings. The molecule has 3 rings (SSSR count). The Balaban J connectivity index is 2.16. The van der Waals surface area contributed by atoms with Crippen molar-refractivity contribution in [2.75, 3.05) is 7.11 Å². The smallest absolute Gasteiger partial charge is 0.118 e. The number of allylic oxidation sites excluding steroid dienone is 6. The number of methoxy groups -OCH3 is 1. The van der Waals surface area contributed by atoms with Crippen LogP contribution in [0.25, 0.3) is 0 Å². The third-order valence-corrected chi connectivity index (χ3v) is 5.09. The van der Waals surface area contributed by atoms with Crippen LogP contribution >= 0.6 is 0 Å². The summed E-state index contributed by atoms with van der Waals surface area (Å²) in [5.41, 5.74) is 3.66. The fourth-order valence-corrected chi connectivity index (χ4v) is 3.34. The zero-order valence-electron chi connectivity index (χ0n) is 15.5. The predicted octanol–water partition coefficient (Wildman–Crippen LogP) is 6.08. The molecule has 1 atom stereocenters. The molecule has 0 bridgehead atoms. The van der Waals surface area contributed by atoms with Crippen LogP contribution in [0.2, 0.25) is 0 Å². The van der Waals surface area contributed by atoms with E-state index in [-0.39, 0.29) is 10.8 Å². The first kappa shape index (κ1) is 17.3. The van der Waals surface area contributed by atoms with Gasteiger partial charge in [0.25, 0.3) is 0 Å². The second kappa shape index (κ2) is 6.76. The molecule has 0 saturated heterocycles. The van der Waals surface area contributed by atoms with Gasteiger partial charge in [0.2, 0.25) is 0 Å². The molecule has 0 saturated carbocycles. The normalized spacial score (nSPS) is 18.2. The van der Waals surface area contributed by atoms with E-state index < -0.39 is 0 Å². The van der Waals surface area contributed by atoms with Gasteiger partial charge in [-0.15, -0.1) is 0 Å². The van der Waals surface area contributed by atoms with E-state index in [9.17, 15) is 0 Å². The van der Waals surface area contributed by atoms with Crippen molar-refractivity contribution in [2.24, 2.45) is 5.41 Å². The van der Waals surface area contributed by atoms with Crippen LogP contribution in [0.4, 0.5) is 0 Å². The van der Waals surface area contributed by atoms with Gasteiger partial charge in [0.15, 0.2) is 0 Å². The minimum atomic E-state index is -0.227. The molecule has 1 nitrogen and oxygen atoms in total. The number of benzene rings is 2. The lowest BCUT2D eigenvalue weighted by Crippen LogP contribution is -2.25. The molecule has 1 aliphatic carbocycles. The monoisotopic (exact) mass is 330 g/mol. The van der Waals surface area contributed by atoms with Crippen LogP contribution in [0.5, 0.6) is 5.75 Å². The summed E-state index contributed by atoms with van der Waals surface area (Å²) in [6.07, 6.45) is 11.2. The van der Waals surface area contributed by atoms with Crippen LogP contribution in [0.15, 0.2) is 90.6 Å². The highest BCUT2D eigenvalue weighted by Crippen LogP contribution is 2.41. The largest absolute Gasteiger partial charge is 0.497 e. The van der Waals surface area contributed by atoms with E-state index in [0.717, 1.165) is 5.75 Å². The van der Waals surface area contributed by atoms with Gasteiger partial charge in [-0.2, -0.15) is 0 Å². The summed E-state index contributed by atoms with van der Waals surface area (Å²) in [6.45, 7) is 6.75. The Labute approximate surface area is 151 Å². The quantitative estimate of drug-likeness (QED) is 0.660. The SMILES string of the molecule is COc1ccc(C(C)(C2=CC=CC(C)(C)C=C2)c2ccccc2)cc1. The Morgan fingerprint density at radius 3 is 2.12 bits per heavy atom. The summed E-state index contributed by atoms with van der Waals surface area (Å²) in [7, 11) is 1.70. The lowest BCUT2D eigenvalue weighted by Gasteiger charge is -2.33. The molecule has 1 unspecified atom stereocenters. The minimum absolute atomic E-state index is 0.0652. The maximum absolute atomic E-state index is 5.34. The first-order chi connectivity index (χ1) is 12.0. The summed E-state index contributed by atoms with van der Waals surface area (Å²) in [4.78, 5) is 0. The molecule has 0 heterocycles. The zero-order chi connectivity index (χ0) is 17.9. The molecular weight excluding hydrogens is 304 g/mol. The molecule has 0 spiro atoms. The molecule has 0 aliphatic heterocycles. The van der Waals surface area contributed by atoms with Gasteiger partial charge in [0.1, 0.15) is 5.75 Å². The molecule has 2 aromatic carbocycles. The van der Waals surface area contributed by atoms with Crippen molar-refractivity contribution in [3.05, 3.63) is 102 Å². The topological polar surface area (TPSA) is 9.23 Å². The van der Waals surface area contributed by atoms with Crippen molar-refractivity contribution in [2.45, 2.75) is 26.2 Å². The predicted molar refractivity (Wildman–Crippen MR) is 106 cm³/mol. The highest BCUT2D eigenvalue weighted by atomic mass is 16.5. The second-order valence-electron chi connectivity index (χ2n) is 7.36. The van der Waals surface area contributed by atoms with Crippen LogP contribution in [-0.2, 0) is 5.41 Å². The third kappa shape index (κ3) is 3.46.